The normalized spacial score (nSPS) is 23.2. The van der Waals surface area contributed by atoms with Crippen LogP contribution in [0.3, 0.4) is 0 Å². The first kappa shape index (κ1) is 13.8. The molecule has 1 saturated heterocycles. The molecule has 0 atom stereocenters. The summed E-state index contributed by atoms with van der Waals surface area (Å²) in [5.41, 5.74) is 7.79. The molecule has 1 heterocycles. The Labute approximate surface area is 120 Å². The molecule has 3 nitrogen and oxygen atoms in total. The van der Waals surface area contributed by atoms with Gasteiger partial charge in [0.25, 0.3) is 0 Å². The van der Waals surface area contributed by atoms with Gasteiger partial charge in [0.15, 0.2) is 0 Å². The predicted molar refractivity (Wildman–Crippen MR) is 80.4 cm³/mol. The van der Waals surface area contributed by atoms with Gasteiger partial charge in [-0.2, -0.15) is 0 Å². The molecule has 1 aliphatic carbocycles. The Hall–Kier alpha value is -1.13. The summed E-state index contributed by atoms with van der Waals surface area (Å²) in [5, 5.41) is 0. The van der Waals surface area contributed by atoms with Gasteiger partial charge in [-0.15, -0.1) is 0 Å². The third-order valence-electron chi connectivity index (χ3n) is 4.86. The summed E-state index contributed by atoms with van der Waals surface area (Å²) in [6.07, 6.45) is 4.25. The van der Waals surface area contributed by atoms with Crippen LogP contribution in [0.4, 0.5) is 10.1 Å². The lowest BCUT2D eigenvalue weighted by molar-refractivity contribution is 0.311. The van der Waals surface area contributed by atoms with E-state index in [0.717, 1.165) is 63.1 Å². The second-order valence-corrected chi connectivity index (χ2v) is 6.32. The van der Waals surface area contributed by atoms with Crippen LogP contribution in [0.25, 0.3) is 0 Å². The molecule has 2 N–H and O–H groups in total. The van der Waals surface area contributed by atoms with Crippen LogP contribution in [-0.4, -0.2) is 38.1 Å². The monoisotopic (exact) mass is 277 g/mol. The summed E-state index contributed by atoms with van der Waals surface area (Å²) in [5.74, 6) is -0.122. The van der Waals surface area contributed by atoms with Gasteiger partial charge < -0.3 is 15.5 Å². The molecule has 0 aromatic heterocycles. The fourth-order valence-electron chi connectivity index (χ4n) is 3.41. The molecule has 1 aliphatic heterocycles. The van der Waals surface area contributed by atoms with Gasteiger partial charge in [-0.3, -0.25) is 0 Å². The third-order valence-corrected chi connectivity index (χ3v) is 4.86. The van der Waals surface area contributed by atoms with Crippen molar-refractivity contribution in [1.29, 1.82) is 0 Å². The lowest BCUT2D eigenvalue weighted by Crippen LogP contribution is -2.44. The van der Waals surface area contributed by atoms with Crippen LogP contribution in [0, 0.1) is 5.82 Å². The van der Waals surface area contributed by atoms with Gasteiger partial charge in [-0.1, -0.05) is 18.9 Å². The first-order valence-corrected chi connectivity index (χ1v) is 7.61. The Balaban J connectivity index is 1.81. The van der Waals surface area contributed by atoms with Crippen molar-refractivity contribution in [2.24, 2.45) is 5.73 Å². The minimum absolute atomic E-state index is 0.122. The van der Waals surface area contributed by atoms with Crippen molar-refractivity contribution in [1.82, 2.24) is 4.90 Å². The number of nitrogens with two attached hydrogens (primary N) is 1. The smallest absolute Gasteiger partial charge is 0.146 e. The van der Waals surface area contributed by atoms with Gasteiger partial charge in [0, 0.05) is 31.7 Å². The number of anilines is 1. The van der Waals surface area contributed by atoms with Crippen molar-refractivity contribution in [2.45, 2.75) is 31.2 Å². The van der Waals surface area contributed by atoms with Crippen molar-refractivity contribution in [3.8, 4) is 0 Å². The molecule has 0 unspecified atom stereocenters. The van der Waals surface area contributed by atoms with Crippen molar-refractivity contribution >= 4 is 5.69 Å². The lowest BCUT2D eigenvalue weighted by atomic mass is 9.89. The second kappa shape index (κ2) is 5.34. The molecule has 1 aromatic rings. The van der Waals surface area contributed by atoms with Crippen molar-refractivity contribution in [3.63, 3.8) is 0 Å². The number of hydrogen-bond donors (Lipinski definition) is 1. The molecule has 20 heavy (non-hydrogen) atoms. The minimum Gasteiger partial charge on any atom is -0.367 e. The molecule has 0 radical (unpaired) electrons. The zero-order chi connectivity index (χ0) is 14.2. The number of benzene rings is 1. The first-order chi connectivity index (χ1) is 9.58. The molecule has 110 valence electrons. The molecular formula is C16H24FN3. The molecule has 2 fully saturated rings. The molecule has 0 spiro atoms. The topological polar surface area (TPSA) is 32.5 Å². The number of nitrogens with zero attached hydrogens (tertiary/aromatic N) is 2. The van der Waals surface area contributed by atoms with Gasteiger partial charge in [-0.25, -0.2) is 4.39 Å². The zero-order valence-corrected chi connectivity index (χ0v) is 12.2. The van der Waals surface area contributed by atoms with E-state index in [0.29, 0.717) is 0 Å². The van der Waals surface area contributed by atoms with Crippen LogP contribution in [0.15, 0.2) is 18.2 Å². The van der Waals surface area contributed by atoms with E-state index >= 15 is 0 Å². The fraction of sp³-hybridized carbons (Fsp3) is 0.625. The number of piperazine rings is 1. The molecule has 1 aromatic carbocycles. The maximum absolute atomic E-state index is 14.4. The number of halogens is 1. The van der Waals surface area contributed by atoms with Crippen LogP contribution in [0.5, 0.6) is 0 Å². The highest BCUT2D eigenvalue weighted by molar-refractivity contribution is 5.50. The van der Waals surface area contributed by atoms with E-state index in [9.17, 15) is 4.39 Å². The van der Waals surface area contributed by atoms with Crippen LogP contribution >= 0.6 is 0 Å². The average Bonchev–Trinajstić information content (AvgIpc) is 2.88. The lowest BCUT2D eigenvalue weighted by Gasteiger charge is -2.34. The van der Waals surface area contributed by atoms with Gasteiger partial charge in [0.1, 0.15) is 5.82 Å². The Bertz CT molecular complexity index is 475. The maximum Gasteiger partial charge on any atom is 0.146 e. The van der Waals surface area contributed by atoms with Gasteiger partial charge in [0.2, 0.25) is 0 Å². The maximum atomic E-state index is 14.4. The standard InChI is InChI=1S/C16H24FN3/c1-19-8-10-20(11-9-19)15-5-4-13(12-14(15)17)16(18)6-2-3-7-16/h4-5,12H,2-3,6-11,18H2,1H3. The summed E-state index contributed by atoms with van der Waals surface area (Å²) in [6.45, 7) is 3.76. The van der Waals surface area contributed by atoms with Gasteiger partial charge in [-0.05, 0) is 37.6 Å². The summed E-state index contributed by atoms with van der Waals surface area (Å²) in [7, 11) is 2.11. The molecular weight excluding hydrogens is 253 g/mol. The van der Waals surface area contributed by atoms with Crippen molar-refractivity contribution in [3.05, 3.63) is 29.6 Å². The number of likely N-dealkylation sites (N-methyl/N-ethyl adjacent to an activating group) is 1. The quantitative estimate of drug-likeness (QED) is 0.900. The van der Waals surface area contributed by atoms with E-state index < -0.39 is 0 Å². The zero-order valence-electron chi connectivity index (χ0n) is 12.2. The van der Waals surface area contributed by atoms with Gasteiger partial charge >= 0.3 is 0 Å². The molecule has 0 amide bonds. The van der Waals surface area contributed by atoms with Gasteiger partial charge in [0.05, 0.1) is 5.69 Å². The Morgan fingerprint density at radius 3 is 2.35 bits per heavy atom. The predicted octanol–water partition coefficient (Wildman–Crippen LogP) is 2.31. The first-order valence-electron chi connectivity index (χ1n) is 7.61. The molecule has 0 bridgehead atoms. The highest BCUT2D eigenvalue weighted by Gasteiger charge is 2.32. The van der Waals surface area contributed by atoms with Crippen molar-refractivity contribution < 1.29 is 4.39 Å². The third kappa shape index (κ3) is 2.54. The summed E-state index contributed by atoms with van der Waals surface area (Å²) in [6, 6.07) is 5.62. The average molecular weight is 277 g/mol. The summed E-state index contributed by atoms with van der Waals surface area (Å²) < 4.78 is 14.4. The van der Waals surface area contributed by atoms with Crippen LogP contribution < -0.4 is 10.6 Å². The van der Waals surface area contributed by atoms with E-state index in [4.69, 9.17) is 5.73 Å². The molecule has 1 saturated carbocycles. The van der Waals surface area contributed by atoms with Crippen LogP contribution in [-0.2, 0) is 5.54 Å². The summed E-state index contributed by atoms with van der Waals surface area (Å²) in [4.78, 5) is 4.41. The molecule has 2 aliphatic rings. The Kier molecular flexibility index (Phi) is 3.69. The number of rotatable bonds is 2. The van der Waals surface area contributed by atoms with E-state index in [1.54, 1.807) is 6.07 Å². The molecule has 3 rings (SSSR count). The fourth-order valence-corrected chi connectivity index (χ4v) is 3.41. The second-order valence-electron chi connectivity index (χ2n) is 6.32. The minimum atomic E-state index is -0.304. The molecule has 4 heteroatoms. The number of hydrogen-bond acceptors (Lipinski definition) is 3. The van der Waals surface area contributed by atoms with E-state index in [1.807, 2.05) is 12.1 Å². The van der Waals surface area contributed by atoms with E-state index in [2.05, 4.69) is 16.8 Å². The largest absolute Gasteiger partial charge is 0.367 e. The SMILES string of the molecule is CN1CCN(c2ccc(C3(N)CCCC3)cc2F)CC1. The van der Waals surface area contributed by atoms with Crippen LogP contribution in [0.2, 0.25) is 0 Å². The van der Waals surface area contributed by atoms with E-state index in [1.165, 1.54) is 0 Å². The van der Waals surface area contributed by atoms with Crippen molar-refractivity contribution in [2.75, 3.05) is 38.1 Å². The Morgan fingerprint density at radius 1 is 1.10 bits per heavy atom. The Morgan fingerprint density at radius 2 is 1.75 bits per heavy atom. The van der Waals surface area contributed by atoms with Crippen LogP contribution in [0.1, 0.15) is 31.2 Å². The highest BCUT2D eigenvalue weighted by atomic mass is 19.1. The highest BCUT2D eigenvalue weighted by Crippen LogP contribution is 2.37. The van der Waals surface area contributed by atoms with E-state index in [-0.39, 0.29) is 11.4 Å². The summed E-state index contributed by atoms with van der Waals surface area (Å²) >= 11 is 0.